The van der Waals surface area contributed by atoms with Crippen LogP contribution in [0.3, 0.4) is 0 Å². The minimum absolute atomic E-state index is 0.620. The summed E-state index contributed by atoms with van der Waals surface area (Å²) in [6.45, 7) is 5.18. The van der Waals surface area contributed by atoms with E-state index >= 15 is 0 Å². The predicted molar refractivity (Wildman–Crippen MR) is 73.6 cm³/mol. The summed E-state index contributed by atoms with van der Waals surface area (Å²) >= 11 is 0. The first-order valence-corrected chi connectivity index (χ1v) is 6.16. The van der Waals surface area contributed by atoms with Gasteiger partial charge in [0.2, 0.25) is 0 Å². The summed E-state index contributed by atoms with van der Waals surface area (Å²) in [5, 5.41) is 4.13. The Labute approximate surface area is 107 Å². The first-order chi connectivity index (χ1) is 8.81. The molecule has 0 spiro atoms. The first-order valence-electron chi connectivity index (χ1n) is 6.16. The number of fused-ring (bicyclic) bond motifs is 1. The second kappa shape index (κ2) is 5.58. The highest BCUT2D eigenvalue weighted by atomic mass is 16.5. The van der Waals surface area contributed by atoms with Crippen LogP contribution in [0.5, 0.6) is 11.5 Å². The number of hydrogen-bond acceptors (Lipinski definition) is 4. The molecule has 4 nitrogen and oxygen atoms in total. The maximum atomic E-state index is 5.66. The molecule has 0 bridgehead atoms. The lowest BCUT2D eigenvalue weighted by Gasteiger charge is -2.14. The van der Waals surface area contributed by atoms with E-state index in [1.807, 2.05) is 39.1 Å². The molecule has 1 aromatic carbocycles. The van der Waals surface area contributed by atoms with E-state index in [0.29, 0.717) is 13.2 Å². The van der Waals surface area contributed by atoms with Crippen LogP contribution in [0.4, 0.5) is 5.69 Å². The van der Waals surface area contributed by atoms with Crippen LogP contribution in [0.2, 0.25) is 0 Å². The SMILES string of the molecule is CCOc1ccc(OCC)c2c(NC)ccnc12. The highest BCUT2D eigenvalue weighted by Crippen LogP contribution is 2.36. The quantitative estimate of drug-likeness (QED) is 0.880. The fraction of sp³-hybridized carbons (Fsp3) is 0.357. The van der Waals surface area contributed by atoms with Gasteiger partial charge in [-0.15, -0.1) is 0 Å². The van der Waals surface area contributed by atoms with Gasteiger partial charge in [0, 0.05) is 18.9 Å². The summed E-state index contributed by atoms with van der Waals surface area (Å²) in [4.78, 5) is 4.41. The molecule has 2 rings (SSSR count). The molecule has 96 valence electrons. The molecule has 0 saturated carbocycles. The van der Waals surface area contributed by atoms with Gasteiger partial charge in [-0.25, -0.2) is 0 Å². The number of rotatable bonds is 5. The average molecular weight is 246 g/mol. The van der Waals surface area contributed by atoms with E-state index < -0.39 is 0 Å². The fourth-order valence-corrected chi connectivity index (χ4v) is 1.97. The molecule has 2 aromatic rings. The molecule has 1 heterocycles. The van der Waals surface area contributed by atoms with Crippen LogP contribution < -0.4 is 14.8 Å². The molecular formula is C14H18N2O2. The largest absolute Gasteiger partial charge is 0.493 e. The van der Waals surface area contributed by atoms with Crippen LogP contribution in [-0.4, -0.2) is 25.2 Å². The molecule has 0 fully saturated rings. The third kappa shape index (κ3) is 2.18. The highest BCUT2D eigenvalue weighted by molar-refractivity contribution is 5.99. The second-order valence-electron chi connectivity index (χ2n) is 3.76. The lowest BCUT2D eigenvalue weighted by Crippen LogP contribution is -1.99. The van der Waals surface area contributed by atoms with Gasteiger partial charge in [-0.05, 0) is 32.0 Å². The number of aromatic nitrogens is 1. The van der Waals surface area contributed by atoms with Gasteiger partial charge >= 0.3 is 0 Å². The van der Waals surface area contributed by atoms with Crippen LogP contribution in [0.25, 0.3) is 10.9 Å². The molecule has 18 heavy (non-hydrogen) atoms. The maximum Gasteiger partial charge on any atom is 0.145 e. The zero-order valence-electron chi connectivity index (χ0n) is 11.0. The first kappa shape index (κ1) is 12.5. The molecule has 0 amide bonds. The summed E-state index contributed by atoms with van der Waals surface area (Å²) in [5.41, 5.74) is 1.82. The van der Waals surface area contributed by atoms with E-state index in [0.717, 1.165) is 28.1 Å². The highest BCUT2D eigenvalue weighted by Gasteiger charge is 2.12. The molecule has 0 aliphatic rings. The number of nitrogens with one attached hydrogen (secondary N) is 1. The Balaban J connectivity index is 2.69. The zero-order valence-corrected chi connectivity index (χ0v) is 11.0. The topological polar surface area (TPSA) is 43.4 Å². The van der Waals surface area contributed by atoms with Crippen molar-refractivity contribution in [2.45, 2.75) is 13.8 Å². The molecular weight excluding hydrogens is 228 g/mol. The van der Waals surface area contributed by atoms with Crippen LogP contribution in [0.15, 0.2) is 24.4 Å². The molecule has 0 aliphatic heterocycles. The van der Waals surface area contributed by atoms with Crippen molar-refractivity contribution in [2.24, 2.45) is 0 Å². The molecule has 0 atom stereocenters. The van der Waals surface area contributed by atoms with Crippen LogP contribution in [0.1, 0.15) is 13.8 Å². The van der Waals surface area contributed by atoms with Crippen molar-refractivity contribution in [1.82, 2.24) is 4.98 Å². The van der Waals surface area contributed by atoms with Crippen molar-refractivity contribution in [3.63, 3.8) is 0 Å². The Hall–Kier alpha value is -1.97. The van der Waals surface area contributed by atoms with Gasteiger partial charge in [-0.3, -0.25) is 4.98 Å². The Kier molecular flexibility index (Phi) is 3.87. The van der Waals surface area contributed by atoms with Crippen molar-refractivity contribution >= 4 is 16.6 Å². The monoisotopic (exact) mass is 246 g/mol. The van der Waals surface area contributed by atoms with Gasteiger partial charge in [0.25, 0.3) is 0 Å². The fourth-order valence-electron chi connectivity index (χ4n) is 1.97. The second-order valence-corrected chi connectivity index (χ2v) is 3.76. The van der Waals surface area contributed by atoms with E-state index in [9.17, 15) is 0 Å². The molecule has 0 aliphatic carbocycles. The third-order valence-corrected chi connectivity index (χ3v) is 2.69. The van der Waals surface area contributed by atoms with Crippen LogP contribution in [0, 0.1) is 0 Å². The number of anilines is 1. The zero-order chi connectivity index (χ0) is 13.0. The Morgan fingerprint density at radius 3 is 2.39 bits per heavy atom. The maximum absolute atomic E-state index is 5.66. The van der Waals surface area contributed by atoms with E-state index in [1.165, 1.54) is 0 Å². The van der Waals surface area contributed by atoms with Gasteiger partial charge in [0.05, 0.1) is 18.6 Å². The number of benzene rings is 1. The molecule has 1 aromatic heterocycles. The van der Waals surface area contributed by atoms with Crippen molar-refractivity contribution in [3.05, 3.63) is 24.4 Å². The number of nitrogens with zero attached hydrogens (tertiary/aromatic N) is 1. The van der Waals surface area contributed by atoms with Gasteiger partial charge in [0.1, 0.15) is 17.0 Å². The van der Waals surface area contributed by atoms with Gasteiger partial charge in [0.15, 0.2) is 0 Å². The normalized spacial score (nSPS) is 10.4. The number of pyridine rings is 1. The van der Waals surface area contributed by atoms with E-state index in [-0.39, 0.29) is 0 Å². The van der Waals surface area contributed by atoms with Crippen molar-refractivity contribution in [2.75, 3.05) is 25.6 Å². The Bertz CT molecular complexity index is 541. The molecule has 1 N–H and O–H groups in total. The molecule has 0 saturated heterocycles. The Morgan fingerprint density at radius 1 is 1.06 bits per heavy atom. The lowest BCUT2D eigenvalue weighted by molar-refractivity contribution is 0.336. The minimum atomic E-state index is 0.620. The van der Waals surface area contributed by atoms with E-state index in [1.54, 1.807) is 6.20 Å². The average Bonchev–Trinajstić information content (AvgIpc) is 2.41. The summed E-state index contributed by atoms with van der Waals surface area (Å²) in [7, 11) is 1.89. The Morgan fingerprint density at radius 2 is 1.72 bits per heavy atom. The predicted octanol–water partition coefficient (Wildman–Crippen LogP) is 3.07. The van der Waals surface area contributed by atoms with Gasteiger partial charge in [-0.1, -0.05) is 0 Å². The smallest absolute Gasteiger partial charge is 0.145 e. The van der Waals surface area contributed by atoms with E-state index in [2.05, 4.69) is 10.3 Å². The van der Waals surface area contributed by atoms with E-state index in [4.69, 9.17) is 9.47 Å². The molecule has 0 radical (unpaired) electrons. The lowest BCUT2D eigenvalue weighted by atomic mass is 10.1. The van der Waals surface area contributed by atoms with Crippen molar-refractivity contribution in [3.8, 4) is 11.5 Å². The molecule has 0 unspecified atom stereocenters. The van der Waals surface area contributed by atoms with Crippen molar-refractivity contribution in [1.29, 1.82) is 0 Å². The van der Waals surface area contributed by atoms with Gasteiger partial charge < -0.3 is 14.8 Å². The summed E-state index contributed by atoms with van der Waals surface area (Å²) < 4.78 is 11.3. The summed E-state index contributed by atoms with van der Waals surface area (Å²) in [6, 6.07) is 5.77. The number of hydrogen-bond donors (Lipinski definition) is 1. The summed E-state index contributed by atoms with van der Waals surface area (Å²) in [6.07, 6.45) is 1.77. The summed E-state index contributed by atoms with van der Waals surface area (Å²) in [5.74, 6) is 1.61. The van der Waals surface area contributed by atoms with Crippen molar-refractivity contribution < 1.29 is 9.47 Å². The molecule has 4 heteroatoms. The third-order valence-electron chi connectivity index (χ3n) is 2.69. The minimum Gasteiger partial charge on any atom is -0.493 e. The van der Waals surface area contributed by atoms with Crippen LogP contribution >= 0.6 is 0 Å². The standard InChI is InChI=1S/C14H18N2O2/c1-4-17-11-6-7-12(18-5-2)14-13(11)10(15-3)8-9-16-14/h6-9H,4-5H2,1-3H3,(H,15,16). The number of ether oxygens (including phenoxy) is 2. The van der Waals surface area contributed by atoms with Crippen LogP contribution in [-0.2, 0) is 0 Å². The van der Waals surface area contributed by atoms with Gasteiger partial charge in [-0.2, -0.15) is 0 Å².